The molecule has 2 aromatic carbocycles. The maximum atomic E-state index is 13.2. The van der Waals surface area contributed by atoms with Gasteiger partial charge in [0.25, 0.3) is 5.91 Å². The first-order valence-corrected chi connectivity index (χ1v) is 10.6. The third kappa shape index (κ3) is 3.84. The van der Waals surface area contributed by atoms with Gasteiger partial charge in [-0.25, -0.2) is 8.42 Å². The topological polar surface area (TPSA) is 104 Å². The normalized spacial score (nSPS) is 13.6. The van der Waals surface area contributed by atoms with Crippen LogP contribution in [0.5, 0.6) is 17.2 Å². The van der Waals surface area contributed by atoms with Crippen molar-refractivity contribution in [3.8, 4) is 17.2 Å². The molecule has 4 rings (SSSR count). The predicted octanol–water partition coefficient (Wildman–Crippen LogP) is 2.96. The van der Waals surface area contributed by atoms with Crippen LogP contribution in [0.15, 0.2) is 70.2 Å². The van der Waals surface area contributed by atoms with Crippen LogP contribution in [-0.2, 0) is 9.84 Å². The van der Waals surface area contributed by atoms with Crippen LogP contribution in [0.25, 0.3) is 0 Å². The maximum absolute atomic E-state index is 13.2. The molecule has 2 heterocycles. The number of sulfone groups is 1. The first-order valence-electron chi connectivity index (χ1n) is 9.08. The number of fused-ring (bicyclic) bond motifs is 1. The molecule has 30 heavy (non-hydrogen) atoms. The minimum absolute atomic E-state index is 0.0983. The molecule has 1 atom stereocenters. The Bertz CT molecular complexity index is 1140. The van der Waals surface area contributed by atoms with Gasteiger partial charge in [0.05, 0.1) is 18.3 Å². The maximum Gasteiger partial charge on any atom is 0.251 e. The fraction of sp³-hybridized carbons (Fsp3) is 0.190. The molecular formula is C21H19NO7S. The number of amides is 1. The van der Waals surface area contributed by atoms with E-state index in [1.165, 1.54) is 25.5 Å². The Balaban J connectivity index is 1.56. The first kappa shape index (κ1) is 19.8. The van der Waals surface area contributed by atoms with Crippen LogP contribution in [0.1, 0.15) is 21.4 Å². The van der Waals surface area contributed by atoms with Crippen molar-refractivity contribution in [3.63, 3.8) is 0 Å². The Morgan fingerprint density at radius 1 is 1.10 bits per heavy atom. The summed E-state index contributed by atoms with van der Waals surface area (Å²) in [6.07, 6.45) is 1.39. The van der Waals surface area contributed by atoms with E-state index in [0.29, 0.717) is 22.8 Å². The summed E-state index contributed by atoms with van der Waals surface area (Å²) < 4.78 is 47.4. The summed E-state index contributed by atoms with van der Waals surface area (Å²) in [7, 11) is -2.34. The monoisotopic (exact) mass is 429 g/mol. The van der Waals surface area contributed by atoms with E-state index in [1.54, 1.807) is 42.5 Å². The predicted molar refractivity (Wildman–Crippen MR) is 107 cm³/mol. The van der Waals surface area contributed by atoms with E-state index >= 15 is 0 Å². The number of rotatable bonds is 7. The van der Waals surface area contributed by atoms with E-state index in [1.807, 2.05) is 0 Å². The van der Waals surface area contributed by atoms with E-state index in [2.05, 4.69) is 5.32 Å². The van der Waals surface area contributed by atoms with Crippen LogP contribution in [0.3, 0.4) is 0 Å². The number of methoxy groups -OCH3 is 1. The molecule has 0 fully saturated rings. The van der Waals surface area contributed by atoms with Gasteiger partial charge in [0.1, 0.15) is 16.8 Å². The van der Waals surface area contributed by atoms with E-state index in [4.69, 9.17) is 18.6 Å². The zero-order valence-electron chi connectivity index (χ0n) is 16.0. The number of ether oxygens (including phenoxy) is 3. The molecule has 8 nitrogen and oxygen atoms in total. The van der Waals surface area contributed by atoms with Crippen LogP contribution in [0, 0.1) is 0 Å². The Labute approximate surface area is 173 Å². The molecule has 1 aromatic heterocycles. The molecule has 1 aliphatic rings. The molecule has 1 unspecified atom stereocenters. The second-order valence-electron chi connectivity index (χ2n) is 6.50. The molecule has 3 aromatic rings. The van der Waals surface area contributed by atoms with Gasteiger partial charge in [0.15, 0.2) is 21.3 Å². The highest BCUT2D eigenvalue weighted by atomic mass is 32.2. The van der Waals surface area contributed by atoms with Crippen molar-refractivity contribution < 1.29 is 31.8 Å². The molecule has 1 amide bonds. The Kier molecular flexibility index (Phi) is 5.37. The van der Waals surface area contributed by atoms with Crippen molar-refractivity contribution in [2.24, 2.45) is 0 Å². The Hall–Kier alpha value is -3.46. The van der Waals surface area contributed by atoms with Crippen molar-refractivity contribution in [2.45, 2.75) is 10.1 Å². The SMILES string of the molecule is COc1ccc(S(=O)(=O)C(CNC(=O)c2ccc3c(c2)OCO3)c2ccco2)cc1. The molecule has 9 heteroatoms. The van der Waals surface area contributed by atoms with Crippen molar-refractivity contribution in [1.82, 2.24) is 5.32 Å². The zero-order valence-corrected chi connectivity index (χ0v) is 16.8. The van der Waals surface area contributed by atoms with Gasteiger partial charge in [-0.1, -0.05) is 0 Å². The number of nitrogens with one attached hydrogen (secondary N) is 1. The van der Waals surface area contributed by atoms with Crippen LogP contribution in [0.2, 0.25) is 0 Å². The Morgan fingerprint density at radius 3 is 2.57 bits per heavy atom. The lowest BCUT2D eigenvalue weighted by molar-refractivity contribution is 0.0952. The van der Waals surface area contributed by atoms with Crippen molar-refractivity contribution in [1.29, 1.82) is 0 Å². The van der Waals surface area contributed by atoms with E-state index in [9.17, 15) is 13.2 Å². The van der Waals surface area contributed by atoms with Gasteiger partial charge in [-0.05, 0) is 54.6 Å². The molecule has 156 valence electrons. The van der Waals surface area contributed by atoms with Crippen LogP contribution >= 0.6 is 0 Å². The highest BCUT2D eigenvalue weighted by Crippen LogP contribution is 2.33. The fourth-order valence-electron chi connectivity index (χ4n) is 3.09. The van der Waals surface area contributed by atoms with Crippen LogP contribution < -0.4 is 19.5 Å². The van der Waals surface area contributed by atoms with Crippen LogP contribution in [-0.4, -0.2) is 34.8 Å². The van der Waals surface area contributed by atoms with E-state index in [0.717, 1.165) is 0 Å². The summed E-state index contributed by atoms with van der Waals surface area (Å²) in [5.74, 6) is 1.37. The molecule has 1 aliphatic heterocycles. The smallest absolute Gasteiger partial charge is 0.251 e. The average molecular weight is 429 g/mol. The third-order valence-corrected chi connectivity index (χ3v) is 6.78. The Morgan fingerprint density at radius 2 is 1.87 bits per heavy atom. The number of hydrogen-bond donors (Lipinski definition) is 1. The summed E-state index contributed by atoms with van der Waals surface area (Å²) in [4.78, 5) is 12.7. The summed E-state index contributed by atoms with van der Waals surface area (Å²) in [6, 6.07) is 14.0. The van der Waals surface area contributed by atoms with Crippen molar-refractivity contribution >= 4 is 15.7 Å². The quantitative estimate of drug-likeness (QED) is 0.616. The minimum Gasteiger partial charge on any atom is -0.497 e. The average Bonchev–Trinajstić information content (AvgIpc) is 3.45. The van der Waals surface area contributed by atoms with Gasteiger partial charge in [-0.15, -0.1) is 0 Å². The largest absolute Gasteiger partial charge is 0.497 e. The molecule has 0 spiro atoms. The van der Waals surface area contributed by atoms with Gasteiger partial charge < -0.3 is 23.9 Å². The lowest BCUT2D eigenvalue weighted by Gasteiger charge is -2.17. The van der Waals surface area contributed by atoms with Crippen LogP contribution in [0.4, 0.5) is 0 Å². The molecule has 0 aliphatic carbocycles. The number of hydrogen-bond acceptors (Lipinski definition) is 7. The summed E-state index contributed by atoms with van der Waals surface area (Å²) in [5.41, 5.74) is 0.333. The highest BCUT2D eigenvalue weighted by Gasteiger charge is 2.32. The summed E-state index contributed by atoms with van der Waals surface area (Å²) in [6.45, 7) is -0.0732. The third-order valence-electron chi connectivity index (χ3n) is 4.71. The van der Waals surface area contributed by atoms with Gasteiger partial charge in [-0.3, -0.25) is 4.79 Å². The number of carbonyl (C=O) groups is 1. The van der Waals surface area contributed by atoms with Gasteiger partial charge in [0, 0.05) is 12.1 Å². The molecule has 0 bridgehead atoms. The standard InChI is InChI=1S/C21H19NO7S/c1-26-15-5-7-16(8-6-15)30(24,25)20(18-3-2-10-27-18)12-22-21(23)14-4-9-17-19(11-14)29-13-28-17/h2-11,20H,12-13H2,1H3,(H,22,23). The molecule has 1 N–H and O–H groups in total. The highest BCUT2D eigenvalue weighted by molar-refractivity contribution is 7.91. The number of carbonyl (C=O) groups excluding carboxylic acids is 1. The summed E-state index contributed by atoms with van der Waals surface area (Å²) >= 11 is 0. The van der Waals surface area contributed by atoms with Gasteiger partial charge >= 0.3 is 0 Å². The lowest BCUT2D eigenvalue weighted by atomic mass is 10.2. The number of benzene rings is 2. The van der Waals surface area contributed by atoms with E-state index in [-0.39, 0.29) is 24.0 Å². The second-order valence-corrected chi connectivity index (χ2v) is 8.63. The van der Waals surface area contributed by atoms with Crippen molar-refractivity contribution in [2.75, 3.05) is 20.4 Å². The lowest BCUT2D eigenvalue weighted by Crippen LogP contribution is -2.31. The number of furan rings is 1. The van der Waals surface area contributed by atoms with E-state index < -0.39 is 21.0 Å². The second kappa shape index (κ2) is 8.11. The van der Waals surface area contributed by atoms with Gasteiger partial charge in [-0.2, -0.15) is 0 Å². The minimum atomic E-state index is -3.85. The summed E-state index contributed by atoms with van der Waals surface area (Å²) in [5, 5.41) is 1.58. The molecule has 0 saturated carbocycles. The molecular weight excluding hydrogens is 410 g/mol. The fourth-order valence-corrected chi connectivity index (χ4v) is 4.68. The van der Waals surface area contributed by atoms with Gasteiger partial charge in [0.2, 0.25) is 6.79 Å². The van der Waals surface area contributed by atoms with Crippen molar-refractivity contribution in [3.05, 3.63) is 72.2 Å². The zero-order chi connectivity index (χ0) is 21.1. The molecule has 0 saturated heterocycles. The first-order chi connectivity index (χ1) is 14.5. The molecule has 0 radical (unpaired) electrons.